The van der Waals surface area contributed by atoms with E-state index in [0.717, 1.165) is 5.69 Å². The fourth-order valence-corrected chi connectivity index (χ4v) is 4.26. The molecule has 38 heavy (non-hydrogen) atoms. The van der Waals surface area contributed by atoms with Crippen molar-refractivity contribution in [3.8, 4) is 17.2 Å². The molecule has 3 rings (SSSR count). The number of carbonyl (C=O) groups excluding carboxylic acids is 1. The molecule has 0 aliphatic rings. The van der Waals surface area contributed by atoms with Crippen LogP contribution in [0.25, 0.3) is 0 Å². The van der Waals surface area contributed by atoms with Gasteiger partial charge in [0, 0.05) is 21.3 Å². The Kier molecular flexibility index (Phi) is 10.1. The van der Waals surface area contributed by atoms with Crippen molar-refractivity contribution >= 4 is 34.9 Å². The molecule has 0 heterocycles. The molecule has 204 valence electrons. The molecule has 0 fully saturated rings. The van der Waals surface area contributed by atoms with E-state index < -0.39 is 23.7 Å². The highest BCUT2D eigenvalue weighted by atomic mass is 35.5. The molecule has 3 aromatic carbocycles. The number of nitrogens with one attached hydrogen (secondary N) is 1. The van der Waals surface area contributed by atoms with Crippen LogP contribution in [0.4, 0.5) is 5.69 Å². The maximum absolute atomic E-state index is 13.6. The van der Waals surface area contributed by atoms with Gasteiger partial charge in [-0.25, -0.2) is 4.79 Å². The summed E-state index contributed by atoms with van der Waals surface area (Å²) in [7, 11) is 4.71. The standard InChI is InChI=1S/C29H33Cl2NO6/c1-29(2,3)38-28(33)27(37-17-21-22(30)8-7-9-23(21)31)26(32-19-11-13-20(34-4)14-12-19)18-10-15-24(35-5)25(16-18)36-6/h7-16,26-27,32H,17H2,1-6H3/t26-,27+/m1/s1. The van der Waals surface area contributed by atoms with E-state index in [1.165, 1.54) is 0 Å². The smallest absolute Gasteiger partial charge is 0.338 e. The summed E-state index contributed by atoms with van der Waals surface area (Å²) in [4.78, 5) is 13.6. The molecule has 2 atom stereocenters. The first-order valence-electron chi connectivity index (χ1n) is 12.0. The Bertz CT molecular complexity index is 1210. The van der Waals surface area contributed by atoms with Crippen LogP contribution >= 0.6 is 23.2 Å². The van der Waals surface area contributed by atoms with Gasteiger partial charge >= 0.3 is 5.97 Å². The minimum atomic E-state index is -1.10. The van der Waals surface area contributed by atoms with Gasteiger partial charge < -0.3 is 29.0 Å². The van der Waals surface area contributed by atoms with Crippen LogP contribution in [-0.4, -0.2) is 39.0 Å². The average Bonchev–Trinajstić information content (AvgIpc) is 2.88. The minimum absolute atomic E-state index is 0.0174. The van der Waals surface area contributed by atoms with E-state index in [1.807, 2.05) is 30.3 Å². The van der Waals surface area contributed by atoms with Crippen LogP contribution in [0.2, 0.25) is 10.0 Å². The number of benzene rings is 3. The summed E-state index contributed by atoms with van der Waals surface area (Å²) < 4.78 is 28.3. The van der Waals surface area contributed by atoms with Crippen molar-refractivity contribution in [1.29, 1.82) is 0 Å². The first-order chi connectivity index (χ1) is 18.1. The summed E-state index contributed by atoms with van der Waals surface area (Å²) in [6.45, 7) is 5.39. The van der Waals surface area contributed by atoms with Gasteiger partial charge in [0.2, 0.25) is 0 Å². The molecule has 0 bridgehead atoms. The molecule has 0 radical (unpaired) electrons. The van der Waals surface area contributed by atoms with Crippen LogP contribution < -0.4 is 19.5 Å². The lowest BCUT2D eigenvalue weighted by Gasteiger charge is -2.31. The highest BCUT2D eigenvalue weighted by molar-refractivity contribution is 6.35. The summed E-state index contributed by atoms with van der Waals surface area (Å²) in [6.07, 6.45) is -1.10. The highest BCUT2D eigenvalue weighted by Gasteiger charge is 2.35. The van der Waals surface area contributed by atoms with E-state index in [2.05, 4.69) is 5.32 Å². The number of anilines is 1. The number of rotatable bonds is 11. The van der Waals surface area contributed by atoms with Crippen LogP contribution in [0.5, 0.6) is 17.2 Å². The van der Waals surface area contributed by atoms with Gasteiger partial charge in [-0.2, -0.15) is 0 Å². The largest absolute Gasteiger partial charge is 0.497 e. The molecule has 3 aromatic rings. The first kappa shape index (κ1) is 29.4. The molecule has 0 spiro atoms. The van der Waals surface area contributed by atoms with Gasteiger partial charge in [-0.05, 0) is 74.9 Å². The third kappa shape index (κ3) is 7.69. The van der Waals surface area contributed by atoms with E-state index >= 15 is 0 Å². The Morgan fingerprint density at radius 1 is 0.868 bits per heavy atom. The average molecular weight is 562 g/mol. The third-order valence-electron chi connectivity index (χ3n) is 5.59. The SMILES string of the molecule is COc1ccc(N[C@H](c2ccc(OC)c(OC)c2)[C@H](OCc2c(Cl)cccc2Cl)C(=O)OC(C)(C)C)cc1. The highest BCUT2D eigenvalue weighted by Crippen LogP contribution is 2.35. The van der Waals surface area contributed by atoms with Gasteiger partial charge in [-0.15, -0.1) is 0 Å². The monoisotopic (exact) mass is 561 g/mol. The second-order valence-electron chi connectivity index (χ2n) is 9.43. The Hall–Kier alpha value is -3.13. The number of hydrogen-bond donors (Lipinski definition) is 1. The number of carbonyl (C=O) groups is 1. The van der Waals surface area contributed by atoms with Gasteiger partial charge in [-0.1, -0.05) is 35.3 Å². The van der Waals surface area contributed by atoms with Crippen LogP contribution in [0.15, 0.2) is 60.7 Å². The molecule has 1 N–H and O–H groups in total. The molecule has 0 unspecified atom stereocenters. The number of ether oxygens (including phenoxy) is 5. The number of esters is 1. The van der Waals surface area contributed by atoms with Gasteiger partial charge in [0.15, 0.2) is 17.6 Å². The maximum Gasteiger partial charge on any atom is 0.338 e. The lowest BCUT2D eigenvalue weighted by Crippen LogP contribution is -2.40. The molecule has 0 aliphatic carbocycles. The summed E-state index contributed by atoms with van der Waals surface area (Å²) in [5.41, 5.74) is 1.27. The Morgan fingerprint density at radius 2 is 1.50 bits per heavy atom. The van der Waals surface area contributed by atoms with Gasteiger partial charge in [-0.3, -0.25) is 0 Å². The van der Waals surface area contributed by atoms with Crippen molar-refractivity contribution in [3.63, 3.8) is 0 Å². The minimum Gasteiger partial charge on any atom is -0.497 e. The molecule has 0 aromatic heterocycles. The molecule has 0 saturated carbocycles. The zero-order valence-electron chi connectivity index (χ0n) is 22.3. The molecular weight excluding hydrogens is 529 g/mol. The third-order valence-corrected chi connectivity index (χ3v) is 6.30. The first-order valence-corrected chi connectivity index (χ1v) is 12.7. The van der Waals surface area contributed by atoms with Crippen molar-refractivity contribution in [2.24, 2.45) is 0 Å². The summed E-state index contributed by atoms with van der Waals surface area (Å²) >= 11 is 12.8. The number of halogens is 2. The van der Waals surface area contributed by atoms with Gasteiger partial charge in [0.1, 0.15) is 11.4 Å². The summed E-state index contributed by atoms with van der Waals surface area (Å²) in [5, 5.41) is 4.30. The lowest BCUT2D eigenvalue weighted by molar-refractivity contribution is -0.170. The van der Waals surface area contributed by atoms with Crippen molar-refractivity contribution in [2.45, 2.75) is 45.1 Å². The predicted molar refractivity (Wildman–Crippen MR) is 150 cm³/mol. The molecule has 7 nitrogen and oxygen atoms in total. The van der Waals surface area contributed by atoms with Gasteiger partial charge in [0.25, 0.3) is 0 Å². The quantitative estimate of drug-likeness (QED) is 0.250. The Labute approximate surface area is 233 Å². The van der Waals surface area contributed by atoms with Crippen LogP contribution in [0.1, 0.15) is 37.9 Å². The van der Waals surface area contributed by atoms with E-state index in [1.54, 1.807) is 72.4 Å². The topological polar surface area (TPSA) is 75.3 Å². The zero-order valence-corrected chi connectivity index (χ0v) is 23.9. The van der Waals surface area contributed by atoms with Crippen molar-refractivity contribution in [1.82, 2.24) is 0 Å². The fraction of sp³-hybridized carbons (Fsp3) is 0.345. The van der Waals surface area contributed by atoms with E-state index in [-0.39, 0.29) is 6.61 Å². The number of methoxy groups -OCH3 is 3. The predicted octanol–water partition coefficient (Wildman–Crippen LogP) is 7.10. The molecule has 9 heteroatoms. The van der Waals surface area contributed by atoms with Crippen molar-refractivity contribution in [3.05, 3.63) is 81.8 Å². The second-order valence-corrected chi connectivity index (χ2v) is 10.2. The molecular formula is C29H33Cl2NO6. The van der Waals surface area contributed by atoms with Crippen molar-refractivity contribution < 1.29 is 28.5 Å². The Balaban J connectivity index is 2.08. The summed E-state index contributed by atoms with van der Waals surface area (Å²) in [5.74, 6) is 1.20. The Morgan fingerprint density at radius 3 is 2.05 bits per heavy atom. The number of hydrogen-bond acceptors (Lipinski definition) is 7. The van der Waals surface area contributed by atoms with E-state index in [0.29, 0.717) is 38.4 Å². The fourth-order valence-electron chi connectivity index (χ4n) is 3.75. The van der Waals surface area contributed by atoms with E-state index in [9.17, 15) is 4.79 Å². The molecule has 0 saturated heterocycles. The summed E-state index contributed by atoms with van der Waals surface area (Å²) in [6, 6.07) is 17.2. The van der Waals surface area contributed by atoms with Crippen LogP contribution in [0.3, 0.4) is 0 Å². The molecule has 0 amide bonds. The van der Waals surface area contributed by atoms with Gasteiger partial charge in [0.05, 0.1) is 34.0 Å². The normalized spacial score (nSPS) is 12.8. The molecule has 0 aliphatic heterocycles. The second kappa shape index (κ2) is 13.1. The van der Waals surface area contributed by atoms with E-state index in [4.69, 9.17) is 46.9 Å². The zero-order chi connectivity index (χ0) is 27.9. The van der Waals surface area contributed by atoms with Crippen molar-refractivity contribution in [2.75, 3.05) is 26.6 Å². The maximum atomic E-state index is 13.6. The van der Waals surface area contributed by atoms with Crippen LogP contribution in [0, 0.1) is 0 Å². The van der Waals surface area contributed by atoms with Crippen LogP contribution in [-0.2, 0) is 20.9 Å². The lowest BCUT2D eigenvalue weighted by atomic mass is 9.99.